The molecule has 0 amide bonds. The van der Waals surface area contributed by atoms with Gasteiger partial charge in [-0.3, -0.25) is 0 Å². The van der Waals surface area contributed by atoms with E-state index in [-0.39, 0.29) is 0 Å². The highest BCUT2D eigenvalue weighted by Gasteiger charge is 1.98. The van der Waals surface area contributed by atoms with Crippen molar-refractivity contribution in [3.05, 3.63) is 23.2 Å². The Bertz CT molecular complexity index is 295. The van der Waals surface area contributed by atoms with Crippen molar-refractivity contribution in [2.24, 2.45) is 0 Å². The summed E-state index contributed by atoms with van der Waals surface area (Å²) in [6.07, 6.45) is 1.17. The zero-order valence-corrected chi connectivity index (χ0v) is 10.7. The van der Waals surface area contributed by atoms with E-state index in [0.717, 1.165) is 22.9 Å². The van der Waals surface area contributed by atoms with Crippen molar-refractivity contribution in [3.8, 4) is 0 Å². The molecule has 0 bridgehead atoms. The van der Waals surface area contributed by atoms with Crippen LogP contribution in [-0.2, 0) is 0 Å². The van der Waals surface area contributed by atoms with Gasteiger partial charge in [0.05, 0.1) is 0 Å². The Morgan fingerprint density at radius 3 is 2.67 bits per heavy atom. The summed E-state index contributed by atoms with van der Waals surface area (Å²) < 4.78 is 0. The number of rotatable bonds is 5. The monoisotopic (exact) mass is 244 g/mol. The van der Waals surface area contributed by atoms with Gasteiger partial charge in [-0.15, -0.1) is 11.8 Å². The summed E-state index contributed by atoms with van der Waals surface area (Å²) in [7, 11) is 4.17. The van der Waals surface area contributed by atoms with Crippen molar-refractivity contribution < 1.29 is 0 Å². The normalized spacial score (nSPS) is 10.9. The molecule has 2 N–H and O–H groups in total. The van der Waals surface area contributed by atoms with Gasteiger partial charge >= 0.3 is 0 Å². The van der Waals surface area contributed by atoms with E-state index in [1.165, 1.54) is 6.42 Å². The second-order valence-electron chi connectivity index (χ2n) is 3.73. The van der Waals surface area contributed by atoms with Gasteiger partial charge in [0.15, 0.2) is 0 Å². The molecule has 0 atom stereocenters. The fraction of sp³-hybridized carbons (Fsp3) is 0.455. The summed E-state index contributed by atoms with van der Waals surface area (Å²) in [6.45, 7) is 1.11. The van der Waals surface area contributed by atoms with Gasteiger partial charge in [-0.05, 0) is 51.0 Å². The van der Waals surface area contributed by atoms with Crippen molar-refractivity contribution in [1.82, 2.24) is 4.90 Å². The highest BCUT2D eigenvalue weighted by molar-refractivity contribution is 7.99. The highest BCUT2D eigenvalue weighted by atomic mass is 35.5. The standard InChI is InChI=1S/C11H17ClN2S/c1-14(2)4-3-5-15-11-7-9(12)6-10(13)8-11/h6-8H,3-5,13H2,1-2H3. The first kappa shape index (κ1) is 12.7. The maximum atomic E-state index is 5.91. The predicted octanol–water partition coefficient (Wildman–Crippen LogP) is 2.97. The Labute approximate surface area is 101 Å². The number of halogens is 1. The van der Waals surface area contributed by atoms with E-state index in [4.69, 9.17) is 17.3 Å². The third-order valence-corrected chi connectivity index (χ3v) is 3.19. The molecule has 0 aromatic heterocycles. The maximum Gasteiger partial charge on any atom is 0.0437 e. The lowest BCUT2D eigenvalue weighted by molar-refractivity contribution is 0.410. The molecule has 15 heavy (non-hydrogen) atoms. The SMILES string of the molecule is CN(C)CCCSc1cc(N)cc(Cl)c1. The molecule has 0 aliphatic carbocycles. The van der Waals surface area contributed by atoms with E-state index >= 15 is 0 Å². The van der Waals surface area contributed by atoms with Gasteiger partial charge in [-0.2, -0.15) is 0 Å². The van der Waals surface area contributed by atoms with E-state index in [0.29, 0.717) is 5.02 Å². The van der Waals surface area contributed by atoms with Crippen molar-refractivity contribution in [2.45, 2.75) is 11.3 Å². The number of thioether (sulfide) groups is 1. The van der Waals surface area contributed by atoms with Crippen molar-refractivity contribution in [2.75, 3.05) is 32.1 Å². The Kier molecular flexibility index (Phi) is 5.29. The zero-order valence-electron chi connectivity index (χ0n) is 9.16. The van der Waals surface area contributed by atoms with Crippen LogP contribution in [0.15, 0.2) is 23.1 Å². The van der Waals surface area contributed by atoms with Gasteiger partial charge < -0.3 is 10.6 Å². The van der Waals surface area contributed by atoms with Crippen LogP contribution in [0.3, 0.4) is 0 Å². The lowest BCUT2D eigenvalue weighted by atomic mass is 10.3. The van der Waals surface area contributed by atoms with Crippen LogP contribution in [0.25, 0.3) is 0 Å². The summed E-state index contributed by atoms with van der Waals surface area (Å²) in [5.41, 5.74) is 6.44. The molecule has 2 nitrogen and oxygen atoms in total. The first-order valence-electron chi connectivity index (χ1n) is 4.91. The molecule has 0 radical (unpaired) electrons. The average molecular weight is 245 g/mol. The number of benzene rings is 1. The van der Waals surface area contributed by atoms with E-state index < -0.39 is 0 Å². The molecule has 0 spiro atoms. The Balaban J connectivity index is 2.37. The van der Waals surface area contributed by atoms with Crippen LogP contribution in [0.1, 0.15) is 6.42 Å². The third-order valence-electron chi connectivity index (χ3n) is 1.91. The summed E-state index contributed by atoms with van der Waals surface area (Å²) in [5.74, 6) is 1.10. The molecule has 0 aliphatic rings. The zero-order chi connectivity index (χ0) is 11.3. The van der Waals surface area contributed by atoms with Crippen LogP contribution in [0.2, 0.25) is 5.02 Å². The van der Waals surface area contributed by atoms with Crippen LogP contribution < -0.4 is 5.73 Å². The summed E-state index contributed by atoms with van der Waals surface area (Å²) >= 11 is 7.71. The molecule has 1 rings (SSSR count). The fourth-order valence-corrected chi connectivity index (χ4v) is 2.49. The molecule has 0 aliphatic heterocycles. The minimum atomic E-state index is 0.713. The number of anilines is 1. The van der Waals surface area contributed by atoms with E-state index in [2.05, 4.69) is 19.0 Å². The maximum absolute atomic E-state index is 5.91. The number of hydrogen-bond acceptors (Lipinski definition) is 3. The Morgan fingerprint density at radius 1 is 1.33 bits per heavy atom. The van der Waals surface area contributed by atoms with Gasteiger partial charge in [-0.1, -0.05) is 11.6 Å². The molecule has 0 fully saturated rings. The molecule has 1 aromatic rings. The Hall–Kier alpha value is -0.380. The van der Waals surface area contributed by atoms with Crippen molar-refractivity contribution in [3.63, 3.8) is 0 Å². The number of hydrogen-bond donors (Lipinski definition) is 1. The van der Waals surface area contributed by atoms with Gasteiger partial charge in [0, 0.05) is 15.6 Å². The minimum Gasteiger partial charge on any atom is -0.399 e. The first-order valence-corrected chi connectivity index (χ1v) is 6.28. The van der Waals surface area contributed by atoms with Gasteiger partial charge in [-0.25, -0.2) is 0 Å². The quantitative estimate of drug-likeness (QED) is 0.491. The van der Waals surface area contributed by atoms with Crippen LogP contribution in [-0.4, -0.2) is 31.3 Å². The minimum absolute atomic E-state index is 0.713. The lowest BCUT2D eigenvalue weighted by Crippen LogP contribution is -2.13. The third kappa shape index (κ3) is 5.30. The molecule has 1 aromatic carbocycles. The van der Waals surface area contributed by atoms with Crippen LogP contribution in [0.5, 0.6) is 0 Å². The largest absolute Gasteiger partial charge is 0.399 e. The molecule has 84 valence electrons. The molecule has 0 unspecified atom stereocenters. The van der Waals surface area contributed by atoms with E-state index in [1.54, 1.807) is 17.8 Å². The Morgan fingerprint density at radius 2 is 2.07 bits per heavy atom. The molecule has 0 saturated heterocycles. The summed E-state index contributed by atoms with van der Waals surface area (Å²) in [4.78, 5) is 3.34. The van der Waals surface area contributed by atoms with E-state index in [9.17, 15) is 0 Å². The average Bonchev–Trinajstić information content (AvgIpc) is 2.10. The topological polar surface area (TPSA) is 29.3 Å². The smallest absolute Gasteiger partial charge is 0.0437 e. The molecular weight excluding hydrogens is 228 g/mol. The number of nitrogens with zero attached hydrogens (tertiary/aromatic N) is 1. The second-order valence-corrected chi connectivity index (χ2v) is 5.33. The molecule has 0 heterocycles. The fourth-order valence-electron chi connectivity index (χ4n) is 1.24. The van der Waals surface area contributed by atoms with Gasteiger partial charge in [0.2, 0.25) is 0 Å². The first-order chi connectivity index (χ1) is 7.08. The van der Waals surface area contributed by atoms with Crippen molar-refractivity contribution >= 4 is 29.1 Å². The molecule has 0 saturated carbocycles. The molecule has 4 heteroatoms. The predicted molar refractivity (Wildman–Crippen MR) is 69.8 cm³/mol. The van der Waals surface area contributed by atoms with E-state index in [1.807, 2.05) is 12.1 Å². The summed E-state index contributed by atoms with van der Waals surface area (Å²) in [6, 6.07) is 5.69. The van der Waals surface area contributed by atoms with Crippen LogP contribution >= 0.6 is 23.4 Å². The molecular formula is C11H17ClN2S. The number of nitrogens with two attached hydrogens (primary N) is 1. The lowest BCUT2D eigenvalue weighted by Gasteiger charge is -2.08. The van der Waals surface area contributed by atoms with Crippen LogP contribution in [0.4, 0.5) is 5.69 Å². The van der Waals surface area contributed by atoms with Crippen LogP contribution in [0, 0.1) is 0 Å². The second kappa shape index (κ2) is 6.26. The highest BCUT2D eigenvalue weighted by Crippen LogP contribution is 2.25. The van der Waals surface area contributed by atoms with Crippen molar-refractivity contribution in [1.29, 1.82) is 0 Å². The summed E-state index contributed by atoms with van der Waals surface area (Å²) in [5, 5.41) is 0.713. The van der Waals surface area contributed by atoms with Gasteiger partial charge in [0.1, 0.15) is 0 Å². The van der Waals surface area contributed by atoms with Gasteiger partial charge in [0.25, 0.3) is 0 Å². The number of nitrogen functional groups attached to an aromatic ring is 1.